The van der Waals surface area contributed by atoms with Crippen molar-refractivity contribution in [3.8, 4) is 0 Å². The Labute approximate surface area is 736 Å². The van der Waals surface area contributed by atoms with Crippen molar-refractivity contribution in [2.24, 2.45) is 47.3 Å². The van der Waals surface area contributed by atoms with Crippen molar-refractivity contribution in [1.29, 1.82) is 0 Å². The number of fused-ring (bicyclic) bond motifs is 1. The number of benzene rings is 2. The maximum atomic E-state index is 12.7. The van der Waals surface area contributed by atoms with Crippen molar-refractivity contribution in [3.05, 3.63) is 94.8 Å². The number of likely N-dealkylation sites (tertiary alicyclic amines) is 2. The molecule has 7 saturated heterocycles. The number of hydrogen-bond acceptors (Lipinski definition) is 19. The Morgan fingerprint density at radius 2 is 0.926 bits per heavy atom. The molecule has 24 heteroatoms. The lowest BCUT2D eigenvalue weighted by atomic mass is 9.88. The van der Waals surface area contributed by atoms with E-state index >= 15 is 0 Å². The molecule has 24 nitrogen and oxygen atoms in total. The molecule has 121 heavy (non-hydrogen) atoms. The average Bonchev–Trinajstić information content (AvgIpc) is 1.17. The number of aliphatic hydroxyl groups excluding tert-OH is 2. The summed E-state index contributed by atoms with van der Waals surface area (Å²) in [6.07, 6.45) is 7.18. The van der Waals surface area contributed by atoms with Gasteiger partial charge in [-0.3, -0.25) is 43.4 Å². The summed E-state index contributed by atoms with van der Waals surface area (Å²) in [5.41, 5.74) is 8.74. The first-order valence-electron chi connectivity index (χ1n) is 46.0. The van der Waals surface area contributed by atoms with Crippen LogP contribution in [-0.4, -0.2) is 323 Å². The summed E-state index contributed by atoms with van der Waals surface area (Å²) < 4.78 is 10.4. The first kappa shape index (κ1) is 113. The van der Waals surface area contributed by atoms with Gasteiger partial charge in [0.1, 0.15) is 5.78 Å². The predicted octanol–water partition coefficient (Wildman–Crippen LogP) is 11.6. The number of Topliss-reactive ketones (excluding diaryl/α,β-unsaturated/α-hetero) is 2. The number of rotatable bonds is 20. The minimum absolute atomic E-state index is 0.0558. The first-order chi connectivity index (χ1) is 56.9. The smallest absolute Gasteiger partial charge is 0.225 e. The predicted molar refractivity (Wildman–Crippen MR) is 499 cm³/mol. The van der Waals surface area contributed by atoms with E-state index in [1.165, 1.54) is 85.6 Å². The summed E-state index contributed by atoms with van der Waals surface area (Å²) in [5.74, 6) is 4.12. The summed E-state index contributed by atoms with van der Waals surface area (Å²) in [6, 6.07) is 16.7. The van der Waals surface area contributed by atoms with E-state index in [9.17, 15) is 33.6 Å². The number of likely N-dealkylation sites (N-methyl/N-ethyl adjacent to an activating group) is 2. The number of amides is 5. The highest BCUT2D eigenvalue weighted by Crippen LogP contribution is 2.25. The summed E-state index contributed by atoms with van der Waals surface area (Å²) >= 11 is 0. The highest BCUT2D eigenvalue weighted by Gasteiger charge is 2.29. The van der Waals surface area contributed by atoms with Crippen LogP contribution in [0.2, 0.25) is 0 Å². The van der Waals surface area contributed by atoms with Crippen LogP contribution in [0.3, 0.4) is 0 Å². The van der Waals surface area contributed by atoms with Crippen LogP contribution in [0.15, 0.2) is 67.0 Å². The van der Waals surface area contributed by atoms with Gasteiger partial charge in [-0.2, -0.15) is 0 Å². The van der Waals surface area contributed by atoms with Crippen LogP contribution >= 0.6 is 0 Å². The van der Waals surface area contributed by atoms with Gasteiger partial charge in [0.2, 0.25) is 29.5 Å². The van der Waals surface area contributed by atoms with Crippen molar-refractivity contribution in [3.63, 3.8) is 0 Å². The summed E-state index contributed by atoms with van der Waals surface area (Å²) in [6.45, 7) is 75.0. The van der Waals surface area contributed by atoms with E-state index in [0.29, 0.717) is 79.9 Å². The van der Waals surface area contributed by atoms with Crippen LogP contribution in [0.1, 0.15) is 218 Å². The third-order valence-electron chi connectivity index (χ3n) is 22.9. The molecule has 1 unspecified atom stereocenters. The summed E-state index contributed by atoms with van der Waals surface area (Å²) in [4.78, 5) is 101. The number of morpholine rings is 1. The molecule has 8 heterocycles. The molecule has 5 amide bonds. The number of piperazine rings is 3. The number of allylic oxidation sites excluding steroid dienone is 2. The molecule has 8 aliphatic rings. The molecule has 7 fully saturated rings. The zero-order valence-corrected chi connectivity index (χ0v) is 81.4. The number of ketones is 2. The van der Waals surface area contributed by atoms with Crippen molar-refractivity contribution in [1.82, 2.24) is 64.9 Å². The zero-order valence-electron chi connectivity index (χ0n) is 81.4. The molecule has 5 N–H and O–H groups in total. The van der Waals surface area contributed by atoms with Gasteiger partial charge in [-0.25, -0.2) is 0 Å². The second-order valence-electron chi connectivity index (χ2n) is 37.0. The molecule has 0 radical (unpaired) electrons. The Morgan fingerprint density at radius 1 is 0.496 bits per heavy atom. The van der Waals surface area contributed by atoms with E-state index in [1.807, 2.05) is 105 Å². The van der Waals surface area contributed by atoms with Crippen LogP contribution < -0.4 is 16.0 Å². The second-order valence-corrected chi connectivity index (χ2v) is 37.0. The van der Waals surface area contributed by atoms with Crippen LogP contribution in [0.25, 0.3) is 0 Å². The van der Waals surface area contributed by atoms with Crippen LogP contribution in [0.5, 0.6) is 0 Å². The van der Waals surface area contributed by atoms with E-state index in [0.717, 1.165) is 136 Å². The SMILES string of the molecule is C=C(NC1CCN(C)CC1)C(C)C.C=C(NC1CCOCC1)C(C)C.CC(C)C(=O)N(C)C.CC(C)C(=O)N1CCN(C)CC1.CC(C)C(=O)N1CCN(CCO)CC1.CC(C)C(=O)N1CCOCC1.CC(C)C(=O)N1CC[C@H](O)C1.CC(C)N1CCN(C)CC1.CCC(=O)C(C)C.Cc1c(CC(=O)C2Cc3ccccc3CN2)cccc1C(C)C. The number of ether oxygens (including phenoxy) is 2. The van der Waals surface area contributed by atoms with Crippen LogP contribution in [-0.2, 0) is 62.4 Å². The molecule has 0 bridgehead atoms. The number of piperidine rings is 1. The number of carbonyl (C=O) groups excluding carboxylic acids is 7. The normalized spacial score (nSPS) is 18.8. The Balaban J connectivity index is 0.000000684. The third-order valence-corrected chi connectivity index (χ3v) is 22.9. The van der Waals surface area contributed by atoms with Gasteiger partial charge in [0.25, 0.3) is 0 Å². The van der Waals surface area contributed by atoms with Crippen molar-refractivity contribution >= 4 is 41.1 Å². The Bertz CT molecular complexity index is 3190. The number of β-amino-alcohol motifs (C(OH)–C–C–N with tert-alkyl or cyclic N) is 2. The number of hydrogen-bond donors (Lipinski definition) is 5. The minimum Gasteiger partial charge on any atom is -0.395 e. The quantitative estimate of drug-likeness (QED) is 0.0827. The highest BCUT2D eigenvalue weighted by atomic mass is 16.5. The van der Waals surface area contributed by atoms with Gasteiger partial charge in [0, 0.05) is 223 Å². The molecular weight excluding hydrogens is 1520 g/mol. The molecule has 8 aliphatic heterocycles. The minimum atomic E-state index is -0.294. The Hall–Kier alpha value is -6.19. The van der Waals surface area contributed by atoms with E-state index < -0.39 is 0 Å². The van der Waals surface area contributed by atoms with Gasteiger partial charge in [-0.15, -0.1) is 0 Å². The van der Waals surface area contributed by atoms with Crippen LogP contribution in [0, 0.1) is 54.3 Å². The fourth-order valence-electron chi connectivity index (χ4n) is 14.2. The van der Waals surface area contributed by atoms with Crippen molar-refractivity contribution in [2.45, 2.75) is 246 Å². The lowest BCUT2D eigenvalue weighted by molar-refractivity contribution is -0.138. The molecule has 0 aromatic heterocycles. The molecule has 0 spiro atoms. The Kier molecular flexibility index (Phi) is 57.8. The number of aliphatic hydroxyl groups is 2. The maximum Gasteiger partial charge on any atom is 0.225 e. The lowest BCUT2D eigenvalue weighted by Gasteiger charge is -2.35. The fraction of sp³-hybridized carbons (Fsp3) is 0.763. The van der Waals surface area contributed by atoms with Crippen molar-refractivity contribution < 1.29 is 53.2 Å². The van der Waals surface area contributed by atoms with Gasteiger partial charge in [0.15, 0.2) is 5.78 Å². The molecule has 0 aliphatic carbocycles. The second kappa shape index (κ2) is 62.0. The number of nitrogens with zero attached hydrogens (tertiary/aromatic N) is 10. The third kappa shape index (κ3) is 47.1. The van der Waals surface area contributed by atoms with Gasteiger partial charge in [-0.05, 0) is 139 Å². The van der Waals surface area contributed by atoms with Crippen molar-refractivity contribution in [2.75, 3.05) is 193 Å². The average molecular weight is 1700 g/mol. The summed E-state index contributed by atoms with van der Waals surface area (Å²) in [5, 5.41) is 28.3. The standard InChI is InChI=1S/C21H25NO.C11H22N2.C10H20N2O2.C10H19NO.C9H18N2O.C8H18N2.2C8H15NO2.C6H13NO.C6H12O/c1-14(2)19-10-6-9-16(15(19)3)12-21(23)20-11-17-7-4-5-8-18(17)13-22-20;1-9(2)10(3)12-11-5-7-13(4)8-6-11;1-9(2)10(14)12-5-3-11(4-6-12)7-8-13;1-8(2)9(3)11-10-4-6-12-7-5-10;1-8(2)9(12)11-6-4-10(3)5-7-11;1-8(2)10-6-4-9(3)5-7-10;1-7(2)8(10)9-3-5-11-6-4-9;1-6(2)8(11)9-4-3-7(10)5-9;1-5(2)6(8)7(3)4;1-4-6(7)5(2)3/h4-10,14,20,22H,11-13H2,1-3H3;9,11-12H,3,5-8H2,1-2,4H3;9,13H,3-8H2,1-2H3;8,10-11H,3-7H2,1-2H3;8H,4-7H2,1-3H3;8H,4-7H2,1-3H3;7H,3-6H2,1-2H3;6-7,10H,3-5H2,1-2H3;5H,1-4H3;5H,4H2,1-3H3/t;;;;;;;7-;;/m.......0../s1. The summed E-state index contributed by atoms with van der Waals surface area (Å²) in [7, 11) is 10.0. The van der Waals surface area contributed by atoms with E-state index in [2.05, 4.69) is 180 Å². The molecule has 0 saturated carbocycles. The lowest BCUT2D eigenvalue weighted by Crippen LogP contribution is -2.50. The van der Waals surface area contributed by atoms with Gasteiger partial charge in [0.05, 0.1) is 32.0 Å². The monoisotopic (exact) mass is 1700 g/mol. The molecule has 10 rings (SSSR count). The van der Waals surface area contributed by atoms with E-state index in [4.69, 9.17) is 19.7 Å². The number of carbonyl (C=O) groups is 7. The van der Waals surface area contributed by atoms with E-state index in [-0.39, 0.29) is 77.9 Å². The molecule has 2 aromatic carbocycles. The Morgan fingerprint density at radius 3 is 1.31 bits per heavy atom. The fourth-order valence-corrected chi connectivity index (χ4v) is 14.2. The molecule has 2 atom stereocenters. The van der Waals surface area contributed by atoms with Crippen LogP contribution in [0.4, 0.5) is 0 Å². The topological polar surface area (TPSA) is 247 Å². The molecule has 2 aromatic rings. The molecule has 696 valence electrons. The van der Waals surface area contributed by atoms with Gasteiger partial charge in [-0.1, -0.05) is 187 Å². The maximum absolute atomic E-state index is 12.7. The van der Waals surface area contributed by atoms with Gasteiger partial charge >= 0.3 is 0 Å². The van der Waals surface area contributed by atoms with Gasteiger partial charge < -0.3 is 74.8 Å². The zero-order chi connectivity index (χ0) is 91.8. The molecular formula is C97H177N13O11. The largest absolute Gasteiger partial charge is 0.395 e. The number of nitrogens with one attached hydrogen (secondary N) is 3. The van der Waals surface area contributed by atoms with E-state index in [1.54, 1.807) is 23.9 Å². The highest BCUT2D eigenvalue weighted by molar-refractivity contribution is 5.87. The first-order valence-corrected chi connectivity index (χ1v) is 46.0.